The van der Waals surface area contributed by atoms with E-state index < -0.39 is 35.9 Å². The van der Waals surface area contributed by atoms with Crippen LogP contribution in [0.3, 0.4) is 0 Å². The van der Waals surface area contributed by atoms with Gasteiger partial charge >= 0.3 is 10.4 Å². The summed E-state index contributed by atoms with van der Waals surface area (Å²) in [4.78, 5) is 45.3. The van der Waals surface area contributed by atoms with Crippen molar-refractivity contribution in [3.63, 3.8) is 0 Å². The first-order valence-corrected chi connectivity index (χ1v) is 36.5. The van der Waals surface area contributed by atoms with Crippen molar-refractivity contribution in [2.24, 2.45) is 0 Å². The molecule has 446 valence electrons. The molecule has 0 radical (unpaired) electrons. The maximum atomic E-state index is 10.2. The van der Waals surface area contributed by atoms with Crippen LogP contribution in [0, 0.1) is 73.4 Å². The van der Waals surface area contributed by atoms with Gasteiger partial charge in [0.1, 0.15) is 29.1 Å². The van der Waals surface area contributed by atoms with Gasteiger partial charge in [0.05, 0.1) is 67.2 Å². The summed E-state index contributed by atoms with van der Waals surface area (Å²) in [6, 6.07) is 20.5. The van der Waals surface area contributed by atoms with Crippen LogP contribution in [0.1, 0.15) is 76.2 Å². The lowest BCUT2D eigenvalue weighted by Crippen LogP contribution is -2.20. The van der Waals surface area contributed by atoms with Gasteiger partial charge in [-0.1, -0.05) is 12.1 Å². The van der Waals surface area contributed by atoms with Crippen LogP contribution in [0.25, 0.3) is 35.1 Å². The third kappa shape index (κ3) is 36.4. The Hall–Kier alpha value is -5.43. The van der Waals surface area contributed by atoms with Gasteiger partial charge in [-0.15, -0.1) is 45.3 Å². The lowest BCUT2D eigenvalue weighted by Gasteiger charge is -2.21. The Morgan fingerprint density at radius 3 is 1.52 bits per heavy atom. The number of ether oxygens (including phenoxy) is 2. The highest BCUT2D eigenvalue weighted by Crippen LogP contribution is 2.62. The fourth-order valence-electron chi connectivity index (χ4n) is 5.26. The fourth-order valence-corrected chi connectivity index (χ4v) is 9.89. The number of carbonyl (C=O) groups excluding carboxylic acids is 2. The Morgan fingerprint density at radius 2 is 1.18 bits per heavy atom. The fraction of sp³-hybridized carbons (Fsp3) is 0.226. The number of hydrogen-bond acceptors (Lipinski definition) is 14. The van der Waals surface area contributed by atoms with Crippen molar-refractivity contribution in [3.05, 3.63) is 228 Å². The maximum Gasteiger partial charge on any atom is 0.339 e. The monoisotopic (exact) mass is 1530 g/mol. The molecule has 32 heteroatoms. The molecule has 0 aromatic carbocycles. The van der Waals surface area contributed by atoms with Crippen molar-refractivity contribution in [2.75, 3.05) is 14.3 Å². The number of nitrogens with zero attached hydrogens (tertiary/aromatic N) is 9. The summed E-state index contributed by atoms with van der Waals surface area (Å²) < 4.78 is 63.2. The molecular formula is C53H43Br2Cl6F2N9O6P2S5. The first-order valence-electron chi connectivity index (χ1n) is 23.2. The summed E-state index contributed by atoms with van der Waals surface area (Å²) in [6.07, 6.45) is 5.28. The van der Waals surface area contributed by atoms with Gasteiger partial charge in [0.2, 0.25) is 31.0 Å². The summed E-state index contributed by atoms with van der Waals surface area (Å²) in [6.45, 7) is 51.4. The van der Waals surface area contributed by atoms with Gasteiger partial charge in [-0.05, 0) is 204 Å². The lowest BCUT2D eigenvalue weighted by atomic mass is 9.97. The third-order valence-corrected chi connectivity index (χ3v) is 15.0. The van der Waals surface area contributed by atoms with Crippen LogP contribution < -0.4 is 0 Å². The smallest absolute Gasteiger partial charge is 0.339 e. The molecule has 0 atom stereocenters. The van der Waals surface area contributed by atoms with Crippen LogP contribution in [-0.4, -0.2) is 38.1 Å². The van der Waals surface area contributed by atoms with E-state index in [1.54, 1.807) is 87.6 Å². The number of aldehydes is 2. The number of allylic oxidation sites excluding steroid dienone is 2. The second-order valence-electron chi connectivity index (χ2n) is 15.1. The van der Waals surface area contributed by atoms with Gasteiger partial charge in [-0.3, -0.25) is 27.5 Å². The lowest BCUT2D eigenvalue weighted by molar-refractivity contribution is 0.0925. The minimum atomic E-state index is -3.22. The molecule has 2 aliphatic rings. The summed E-state index contributed by atoms with van der Waals surface area (Å²) in [5.41, 5.74) is 0.0711. The molecular weight excluding hydrogens is 1490 g/mol. The first kappa shape index (κ1) is 79.6. The van der Waals surface area contributed by atoms with E-state index in [-0.39, 0.29) is 34.2 Å². The van der Waals surface area contributed by atoms with E-state index in [4.69, 9.17) is 67.4 Å². The Kier molecular flexibility index (Phi) is 42.9. The van der Waals surface area contributed by atoms with Crippen molar-refractivity contribution in [1.82, 2.24) is 0 Å². The number of halogens is 10. The average molecular weight is 1540 g/mol. The zero-order valence-corrected chi connectivity index (χ0v) is 58.0. The van der Waals surface area contributed by atoms with E-state index in [0.717, 1.165) is 47.0 Å². The standard InChI is InChI=1S/C18H12N4OS.C11H9N3O.C7H5NOS.C6H5NS.C5H3BrOS.C4H3BrS.2CH3F.2Cl3OP/c1-18(2)15(8-7-13-5-6-14(24-13)11-21-3)16(22-4)17(23-18)12(9-19)10-20;1-7-9(14-5)10(8(6-12)13-4)15-11(7,2)3;1-8-4-6-2-3-7(5-9)10-6;1-7-5-6-3-2-4-8-6;6-4-1-2-8-5(4)3-7;5-4-1-2-6-3-4;2*1-2;2*1-5(2,3)4/h5-8H,11H2,1-2H3;1-3H3;2-3,5H,4H2;2-4H,5H2;1-3H;1-3H;2*1H3;;/b8-7+;10-8+;;;;;;;;/i;;;;;;2*1D;;. The molecule has 15 nitrogen and oxygen atoms in total. The Labute approximate surface area is 561 Å². The number of alkyl halides is 2. The Morgan fingerprint density at radius 1 is 0.682 bits per heavy atom. The molecule has 0 unspecified atom stereocenters. The Balaban J connectivity index is -0.000000972. The van der Waals surface area contributed by atoms with E-state index in [2.05, 4.69) is 128 Å². The molecule has 0 fully saturated rings. The number of nitriles is 3. The number of carbonyl (C=O) groups is 2. The molecule has 0 saturated carbocycles. The summed E-state index contributed by atoms with van der Waals surface area (Å²) in [5.74, 6) is 0.157. The number of rotatable bonds is 7. The first-order chi connectivity index (χ1) is 40.8. The molecule has 2 aliphatic heterocycles. The molecule has 7 heterocycles. The minimum Gasteiger partial charge on any atom is -0.506 e. The molecule has 7 rings (SSSR count). The van der Waals surface area contributed by atoms with Crippen molar-refractivity contribution in [3.8, 4) is 18.2 Å². The van der Waals surface area contributed by atoms with Gasteiger partial charge in [-0.2, -0.15) is 21.9 Å². The molecule has 0 spiro atoms. The summed E-state index contributed by atoms with van der Waals surface area (Å²) in [7, 11) is -2.00. The van der Waals surface area contributed by atoms with Crippen LogP contribution in [-0.2, 0) is 38.2 Å². The van der Waals surface area contributed by atoms with Crippen LogP contribution in [0.4, 0.5) is 8.78 Å². The second kappa shape index (κ2) is 45.8. The SMILES string of the molecule is Brc1ccsc1.O=Cc1sccc1Br.O=P(Cl)(Cl)Cl.O=P(Cl)(Cl)Cl.[2H]CF.[2H]CF.[C-]#[N+]C1=C(C)C(C)(C)O/C1=C(\C#N)[N+]#[C-].[C-]#[N+]Cc1ccc(/C=C/C2=C([N+]#[C-])C(=C(C#N)C#N)OC2(C)C)s1.[C-]#[N+]Cc1ccc(C=O)s1.[C-]#[N+]Cc1cccs1. The van der Waals surface area contributed by atoms with Gasteiger partial charge in [0.25, 0.3) is 5.70 Å². The van der Waals surface area contributed by atoms with E-state index in [0.29, 0.717) is 30.1 Å². The molecule has 0 N–H and O–H groups in total. The highest BCUT2D eigenvalue weighted by molar-refractivity contribution is 9.10. The highest BCUT2D eigenvalue weighted by Gasteiger charge is 2.39. The third-order valence-electron chi connectivity index (χ3n) is 8.83. The molecule has 0 amide bonds. The predicted molar refractivity (Wildman–Crippen MR) is 353 cm³/mol. The second-order valence-corrected chi connectivity index (χ2v) is 35.3. The molecule has 85 heavy (non-hydrogen) atoms. The van der Waals surface area contributed by atoms with Crippen LogP contribution >= 0.6 is 166 Å². The maximum absolute atomic E-state index is 10.2. The topological polar surface area (TPSA) is 184 Å². The van der Waals surface area contributed by atoms with Crippen LogP contribution in [0.15, 0.2) is 130 Å². The average Bonchev–Trinajstić information content (AvgIpc) is 1.81. The predicted octanol–water partition coefficient (Wildman–Crippen LogP) is 22.9. The molecule has 5 aromatic rings. The number of thiophene rings is 5. The van der Waals surface area contributed by atoms with Crippen molar-refractivity contribution in [2.45, 2.75) is 65.5 Å². The van der Waals surface area contributed by atoms with E-state index in [9.17, 15) is 27.5 Å². The summed E-state index contributed by atoms with van der Waals surface area (Å²) >= 11 is 41.8. The quantitative estimate of drug-likeness (QED) is 0.0662. The summed E-state index contributed by atoms with van der Waals surface area (Å²) in [5, 5.41) is 28.3. The largest absolute Gasteiger partial charge is 0.506 e. The minimum absolute atomic E-state index is 0.0412. The van der Waals surface area contributed by atoms with Gasteiger partial charge in [-0.25, -0.2) is 39.5 Å². The highest BCUT2D eigenvalue weighted by atomic mass is 79.9. The number of hydrogen-bond donors (Lipinski definition) is 0. The van der Waals surface area contributed by atoms with Gasteiger partial charge in [0.15, 0.2) is 23.9 Å². The normalized spacial score (nSPS) is 13.2. The Bertz CT molecular complexity index is 3610. The van der Waals surface area contributed by atoms with Crippen molar-refractivity contribution < 1.29 is 39.7 Å². The van der Waals surface area contributed by atoms with E-state index in [1.807, 2.05) is 70.1 Å². The molecule has 0 saturated heterocycles. The van der Waals surface area contributed by atoms with Crippen molar-refractivity contribution >= 4 is 185 Å². The van der Waals surface area contributed by atoms with Gasteiger partial charge in [0, 0.05) is 24.8 Å². The van der Waals surface area contributed by atoms with Crippen LogP contribution in [0.2, 0.25) is 0 Å². The van der Waals surface area contributed by atoms with E-state index >= 15 is 0 Å². The zero-order chi connectivity index (χ0) is 67.4. The van der Waals surface area contributed by atoms with Crippen molar-refractivity contribution in [1.29, 1.82) is 15.8 Å². The van der Waals surface area contributed by atoms with Crippen LogP contribution in [0.5, 0.6) is 0 Å². The molecule has 0 bridgehead atoms. The van der Waals surface area contributed by atoms with E-state index in [1.165, 1.54) is 38.5 Å². The molecule has 0 aliphatic carbocycles. The molecule has 5 aromatic heterocycles. The zero-order valence-electron chi connectivity index (χ0n) is 46.5. The van der Waals surface area contributed by atoms with Gasteiger partial charge < -0.3 is 24.0 Å².